The van der Waals surface area contributed by atoms with Gasteiger partial charge in [0.25, 0.3) is 5.91 Å². The first-order valence-electron chi connectivity index (χ1n) is 8.14. The van der Waals surface area contributed by atoms with Gasteiger partial charge in [0.15, 0.2) is 0 Å². The molecule has 3 aromatic rings. The van der Waals surface area contributed by atoms with Crippen molar-refractivity contribution in [2.75, 3.05) is 10.6 Å². The molecule has 0 aliphatic heterocycles. The molecular weight excluding hydrogens is 367 g/mol. The van der Waals surface area contributed by atoms with E-state index in [0.717, 1.165) is 16.9 Å². The van der Waals surface area contributed by atoms with Crippen LogP contribution in [0.1, 0.15) is 21.5 Å². The zero-order valence-electron chi connectivity index (χ0n) is 14.4. The Morgan fingerprint density at radius 3 is 2.38 bits per heavy atom. The maximum absolute atomic E-state index is 12.8. The molecule has 0 fully saturated rings. The summed E-state index contributed by atoms with van der Waals surface area (Å²) in [5, 5.41) is 7.12. The highest BCUT2D eigenvalue weighted by molar-refractivity contribution is 6.36. The zero-order valence-corrected chi connectivity index (χ0v) is 15.9. The lowest BCUT2D eigenvalue weighted by atomic mass is 10.1. The van der Waals surface area contributed by atoms with Crippen molar-refractivity contribution >= 4 is 46.2 Å². The molecule has 0 heterocycles. The van der Waals surface area contributed by atoms with Crippen LogP contribution in [0.5, 0.6) is 0 Å². The Hall–Kier alpha value is -2.49. The minimum Gasteiger partial charge on any atom is -0.355 e. The number of amides is 1. The molecule has 0 aliphatic carbocycles. The van der Waals surface area contributed by atoms with Crippen molar-refractivity contribution < 1.29 is 4.79 Å². The summed E-state index contributed by atoms with van der Waals surface area (Å²) in [5.41, 5.74) is 5.00. The molecule has 1 amide bonds. The SMILES string of the molecule is Cc1cccc(Nc2ccccc2C(=O)Nc2cc(Cl)ccc2Cl)c1C. The van der Waals surface area contributed by atoms with Crippen LogP contribution in [0.15, 0.2) is 60.7 Å². The normalized spacial score (nSPS) is 10.5. The average Bonchev–Trinajstić information content (AvgIpc) is 2.62. The first-order valence-corrected chi connectivity index (χ1v) is 8.90. The molecule has 3 aromatic carbocycles. The van der Waals surface area contributed by atoms with Crippen LogP contribution in [0.2, 0.25) is 10.0 Å². The Morgan fingerprint density at radius 2 is 1.58 bits per heavy atom. The summed E-state index contributed by atoms with van der Waals surface area (Å²) in [4.78, 5) is 12.8. The van der Waals surface area contributed by atoms with Crippen LogP contribution in [-0.4, -0.2) is 5.91 Å². The smallest absolute Gasteiger partial charge is 0.257 e. The fourth-order valence-corrected chi connectivity index (χ4v) is 2.94. The second kappa shape index (κ2) is 7.81. The molecule has 0 atom stereocenters. The number of nitrogens with one attached hydrogen (secondary N) is 2. The summed E-state index contributed by atoms with van der Waals surface area (Å²) in [6.07, 6.45) is 0. The van der Waals surface area contributed by atoms with Gasteiger partial charge in [-0.05, 0) is 61.4 Å². The Kier molecular flexibility index (Phi) is 5.50. The van der Waals surface area contributed by atoms with E-state index in [1.807, 2.05) is 37.3 Å². The highest BCUT2D eigenvalue weighted by atomic mass is 35.5. The van der Waals surface area contributed by atoms with Gasteiger partial charge < -0.3 is 10.6 Å². The Balaban J connectivity index is 1.90. The highest BCUT2D eigenvalue weighted by Crippen LogP contribution is 2.28. The molecular formula is C21H18Cl2N2O. The number of hydrogen-bond acceptors (Lipinski definition) is 2. The summed E-state index contributed by atoms with van der Waals surface area (Å²) < 4.78 is 0. The number of hydrogen-bond donors (Lipinski definition) is 2. The van der Waals surface area contributed by atoms with Crippen LogP contribution in [0.3, 0.4) is 0 Å². The molecule has 5 heteroatoms. The standard InChI is InChI=1S/C21H18Cl2N2O/c1-13-6-5-9-18(14(13)2)24-19-8-4-3-7-16(19)21(26)25-20-12-15(22)10-11-17(20)23/h3-12,24H,1-2H3,(H,25,26). The van der Waals surface area contributed by atoms with Gasteiger partial charge in [-0.1, -0.05) is 47.5 Å². The van der Waals surface area contributed by atoms with E-state index in [2.05, 4.69) is 23.6 Å². The minimum atomic E-state index is -0.262. The summed E-state index contributed by atoms with van der Waals surface area (Å²) in [6.45, 7) is 4.10. The van der Waals surface area contributed by atoms with Gasteiger partial charge in [0.05, 0.1) is 22.0 Å². The van der Waals surface area contributed by atoms with Crippen molar-refractivity contribution in [1.29, 1.82) is 0 Å². The second-order valence-electron chi connectivity index (χ2n) is 6.00. The predicted octanol–water partition coefficient (Wildman–Crippen LogP) is 6.61. The molecule has 0 unspecified atom stereocenters. The van der Waals surface area contributed by atoms with Gasteiger partial charge in [-0.15, -0.1) is 0 Å². The van der Waals surface area contributed by atoms with Crippen LogP contribution in [0.4, 0.5) is 17.1 Å². The van der Waals surface area contributed by atoms with Crippen LogP contribution in [0, 0.1) is 13.8 Å². The van der Waals surface area contributed by atoms with E-state index in [-0.39, 0.29) is 5.91 Å². The summed E-state index contributed by atoms with van der Waals surface area (Å²) >= 11 is 12.1. The maximum atomic E-state index is 12.8. The van der Waals surface area contributed by atoms with E-state index in [1.165, 1.54) is 5.56 Å². The number of halogens is 2. The van der Waals surface area contributed by atoms with Crippen molar-refractivity contribution in [3.05, 3.63) is 87.4 Å². The van der Waals surface area contributed by atoms with Crippen molar-refractivity contribution in [2.45, 2.75) is 13.8 Å². The number of rotatable bonds is 4. The molecule has 0 spiro atoms. The van der Waals surface area contributed by atoms with Crippen molar-refractivity contribution in [1.82, 2.24) is 0 Å². The monoisotopic (exact) mass is 384 g/mol. The lowest BCUT2D eigenvalue weighted by Gasteiger charge is -2.15. The number of benzene rings is 3. The molecule has 0 aliphatic rings. The molecule has 3 nitrogen and oxygen atoms in total. The van der Waals surface area contributed by atoms with E-state index in [4.69, 9.17) is 23.2 Å². The minimum absolute atomic E-state index is 0.262. The number of carbonyl (C=O) groups excluding carboxylic acids is 1. The quantitative estimate of drug-likeness (QED) is 0.531. The Morgan fingerprint density at radius 1 is 0.846 bits per heavy atom. The van der Waals surface area contributed by atoms with Gasteiger partial charge in [0, 0.05) is 10.7 Å². The highest BCUT2D eigenvalue weighted by Gasteiger charge is 2.14. The van der Waals surface area contributed by atoms with E-state index in [0.29, 0.717) is 21.3 Å². The third kappa shape index (κ3) is 4.01. The largest absolute Gasteiger partial charge is 0.355 e. The zero-order chi connectivity index (χ0) is 18.7. The van der Waals surface area contributed by atoms with E-state index in [1.54, 1.807) is 24.3 Å². The number of carbonyl (C=O) groups is 1. The van der Waals surface area contributed by atoms with Crippen LogP contribution in [0.25, 0.3) is 0 Å². The molecule has 0 saturated carbocycles. The molecule has 26 heavy (non-hydrogen) atoms. The lowest BCUT2D eigenvalue weighted by Crippen LogP contribution is -2.14. The second-order valence-corrected chi connectivity index (χ2v) is 6.84. The first-order chi connectivity index (χ1) is 12.5. The van der Waals surface area contributed by atoms with Crippen molar-refractivity contribution in [3.63, 3.8) is 0 Å². The van der Waals surface area contributed by atoms with Gasteiger partial charge in [0.1, 0.15) is 0 Å². The van der Waals surface area contributed by atoms with Crippen molar-refractivity contribution in [2.24, 2.45) is 0 Å². The molecule has 3 rings (SSSR count). The maximum Gasteiger partial charge on any atom is 0.257 e. The lowest BCUT2D eigenvalue weighted by molar-refractivity contribution is 0.102. The van der Waals surface area contributed by atoms with E-state index >= 15 is 0 Å². The molecule has 0 radical (unpaired) electrons. The molecule has 132 valence electrons. The van der Waals surface area contributed by atoms with E-state index in [9.17, 15) is 4.79 Å². The number of para-hydroxylation sites is 1. The van der Waals surface area contributed by atoms with Crippen LogP contribution >= 0.6 is 23.2 Å². The van der Waals surface area contributed by atoms with Crippen molar-refractivity contribution in [3.8, 4) is 0 Å². The van der Waals surface area contributed by atoms with Gasteiger partial charge in [-0.2, -0.15) is 0 Å². The average molecular weight is 385 g/mol. The topological polar surface area (TPSA) is 41.1 Å². The summed E-state index contributed by atoms with van der Waals surface area (Å²) in [5.74, 6) is -0.262. The fraction of sp³-hybridized carbons (Fsp3) is 0.0952. The van der Waals surface area contributed by atoms with Crippen LogP contribution < -0.4 is 10.6 Å². The number of aryl methyl sites for hydroxylation is 1. The van der Waals surface area contributed by atoms with Gasteiger partial charge in [0.2, 0.25) is 0 Å². The summed E-state index contributed by atoms with van der Waals surface area (Å²) in [6, 6.07) is 18.3. The van der Waals surface area contributed by atoms with Gasteiger partial charge >= 0.3 is 0 Å². The Labute approximate surface area is 163 Å². The fourth-order valence-electron chi connectivity index (χ4n) is 2.60. The Bertz CT molecular complexity index is 970. The third-order valence-electron chi connectivity index (χ3n) is 4.22. The van der Waals surface area contributed by atoms with Crippen LogP contribution in [-0.2, 0) is 0 Å². The molecule has 0 saturated heterocycles. The molecule has 2 N–H and O–H groups in total. The van der Waals surface area contributed by atoms with Gasteiger partial charge in [-0.25, -0.2) is 0 Å². The van der Waals surface area contributed by atoms with E-state index < -0.39 is 0 Å². The molecule has 0 bridgehead atoms. The third-order valence-corrected chi connectivity index (χ3v) is 4.79. The summed E-state index contributed by atoms with van der Waals surface area (Å²) in [7, 11) is 0. The molecule has 0 aromatic heterocycles. The first kappa shape index (κ1) is 18.3. The van der Waals surface area contributed by atoms with Gasteiger partial charge in [-0.3, -0.25) is 4.79 Å². The predicted molar refractivity (Wildman–Crippen MR) is 110 cm³/mol. The number of anilines is 3.